The van der Waals surface area contributed by atoms with Gasteiger partial charge in [-0.15, -0.1) is 5.10 Å². The van der Waals surface area contributed by atoms with E-state index >= 15 is 0 Å². The Labute approximate surface area is 231 Å². The SMILES string of the molecule is C=CN(/N=C(\N)c1ncccc1OC)c1ccc(Nc2nccc(-c3cc(F)cc(N4CCOCC4)c3)n2)cc1. The highest BCUT2D eigenvalue weighted by atomic mass is 19.1. The Balaban J connectivity index is 1.32. The Morgan fingerprint density at radius 3 is 2.67 bits per heavy atom. The average molecular weight is 541 g/mol. The highest BCUT2D eigenvalue weighted by Crippen LogP contribution is 2.27. The van der Waals surface area contributed by atoms with Crippen LogP contribution in [0, 0.1) is 5.82 Å². The van der Waals surface area contributed by atoms with Crippen molar-refractivity contribution in [2.45, 2.75) is 0 Å². The van der Waals surface area contributed by atoms with Crippen LogP contribution in [0.2, 0.25) is 0 Å². The number of hydrazone groups is 1. The summed E-state index contributed by atoms with van der Waals surface area (Å²) in [4.78, 5) is 15.3. The predicted octanol–water partition coefficient (Wildman–Crippen LogP) is 4.54. The molecule has 3 heterocycles. The monoisotopic (exact) mass is 540 g/mol. The van der Waals surface area contributed by atoms with Crippen LogP contribution in [-0.4, -0.2) is 54.2 Å². The fourth-order valence-electron chi connectivity index (χ4n) is 4.25. The van der Waals surface area contributed by atoms with E-state index < -0.39 is 0 Å². The van der Waals surface area contributed by atoms with Gasteiger partial charge in [-0.25, -0.2) is 24.4 Å². The topological polar surface area (TPSA) is 114 Å². The van der Waals surface area contributed by atoms with Gasteiger partial charge in [0.15, 0.2) is 5.84 Å². The van der Waals surface area contributed by atoms with Gasteiger partial charge in [-0.3, -0.25) is 0 Å². The summed E-state index contributed by atoms with van der Waals surface area (Å²) in [6.45, 7) is 6.51. The number of hydrogen-bond acceptors (Lipinski definition) is 9. The number of nitrogens with two attached hydrogens (primary N) is 1. The van der Waals surface area contributed by atoms with E-state index in [2.05, 4.69) is 36.8 Å². The fourth-order valence-corrected chi connectivity index (χ4v) is 4.25. The first-order valence-corrected chi connectivity index (χ1v) is 12.6. The Morgan fingerprint density at radius 2 is 1.93 bits per heavy atom. The standard InChI is InChI=1S/C29H29FN8O2/c1-3-38(36-28(31)27-26(39-2)5-4-11-32-27)23-8-6-22(7-9-23)34-29-33-12-10-25(35-29)20-17-21(30)19-24(18-20)37-13-15-40-16-14-37/h3-12,17-19H,1,13-16H2,2H3,(H2,31,36)(H,33,34,35). The maximum atomic E-state index is 14.5. The number of halogens is 1. The Morgan fingerprint density at radius 1 is 1.12 bits per heavy atom. The maximum absolute atomic E-state index is 14.5. The van der Waals surface area contributed by atoms with Crippen LogP contribution < -0.4 is 25.7 Å². The van der Waals surface area contributed by atoms with Crippen molar-refractivity contribution in [3.8, 4) is 17.0 Å². The van der Waals surface area contributed by atoms with Gasteiger partial charge >= 0.3 is 0 Å². The zero-order valence-electron chi connectivity index (χ0n) is 22.0. The van der Waals surface area contributed by atoms with E-state index in [0.29, 0.717) is 55.0 Å². The Bertz CT molecular complexity index is 1510. The summed E-state index contributed by atoms with van der Waals surface area (Å²) in [5, 5.41) is 9.17. The first kappa shape index (κ1) is 26.6. The van der Waals surface area contributed by atoms with E-state index in [1.165, 1.54) is 12.1 Å². The van der Waals surface area contributed by atoms with Crippen LogP contribution in [0.15, 0.2) is 90.9 Å². The molecule has 204 valence electrons. The highest BCUT2D eigenvalue weighted by molar-refractivity contribution is 5.98. The van der Waals surface area contributed by atoms with Crippen molar-refractivity contribution < 1.29 is 13.9 Å². The van der Waals surface area contributed by atoms with Gasteiger partial charge in [0.25, 0.3) is 0 Å². The number of methoxy groups -OCH3 is 1. The van der Waals surface area contributed by atoms with E-state index in [-0.39, 0.29) is 11.7 Å². The summed E-state index contributed by atoms with van der Waals surface area (Å²) in [7, 11) is 1.55. The van der Waals surface area contributed by atoms with Crippen LogP contribution in [0.4, 0.5) is 27.4 Å². The number of pyridine rings is 1. The number of benzene rings is 2. The summed E-state index contributed by atoms with van der Waals surface area (Å²) in [6, 6.07) is 17.6. The van der Waals surface area contributed by atoms with Crippen molar-refractivity contribution in [3.05, 3.63) is 97.3 Å². The zero-order valence-corrected chi connectivity index (χ0v) is 22.0. The summed E-state index contributed by atoms with van der Waals surface area (Å²) in [6.07, 6.45) is 4.80. The summed E-state index contributed by atoms with van der Waals surface area (Å²) >= 11 is 0. The first-order valence-electron chi connectivity index (χ1n) is 12.6. The minimum atomic E-state index is -0.320. The molecule has 1 saturated heterocycles. The maximum Gasteiger partial charge on any atom is 0.227 e. The van der Waals surface area contributed by atoms with Crippen LogP contribution in [0.1, 0.15) is 5.69 Å². The quantitative estimate of drug-likeness (QED) is 0.179. The molecule has 4 aromatic rings. The zero-order chi connectivity index (χ0) is 27.9. The molecule has 0 bridgehead atoms. The van der Waals surface area contributed by atoms with Gasteiger partial charge < -0.3 is 25.4 Å². The number of nitrogens with zero attached hydrogens (tertiary/aromatic N) is 6. The first-order chi connectivity index (χ1) is 19.5. The van der Waals surface area contributed by atoms with Crippen LogP contribution >= 0.6 is 0 Å². The second-order valence-electron chi connectivity index (χ2n) is 8.80. The van der Waals surface area contributed by atoms with Crippen molar-refractivity contribution in [2.24, 2.45) is 10.8 Å². The summed E-state index contributed by atoms with van der Waals surface area (Å²) < 4.78 is 25.2. The lowest BCUT2D eigenvalue weighted by atomic mass is 10.1. The number of hydrogen-bond donors (Lipinski definition) is 2. The number of aromatic nitrogens is 3. The molecule has 40 heavy (non-hydrogen) atoms. The van der Waals surface area contributed by atoms with Crippen molar-refractivity contribution in [2.75, 3.05) is 48.6 Å². The predicted molar refractivity (Wildman–Crippen MR) is 154 cm³/mol. The van der Waals surface area contributed by atoms with Gasteiger partial charge in [-0.05, 0) is 60.7 Å². The molecule has 1 aliphatic rings. The number of nitrogens with one attached hydrogen (secondary N) is 1. The summed E-state index contributed by atoms with van der Waals surface area (Å²) in [5.41, 5.74) is 10.2. The van der Waals surface area contributed by atoms with Crippen LogP contribution in [-0.2, 0) is 4.74 Å². The molecule has 0 aliphatic carbocycles. The molecule has 10 nitrogen and oxygen atoms in total. The summed E-state index contributed by atoms with van der Waals surface area (Å²) in [5.74, 6) is 0.760. The molecule has 5 rings (SSSR count). The van der Waals surface area contributed by atoms with Gasteiger partial charge in [-0.1, -0.05) is 6.58 Å². The van der Waals surface area contributed by atoms with Gasteiger partial charge in [0.2, 0.25) is 5.95 Å². The van der Waals surface area contributed by atoms with E-state index in [4.69, 9.17) is 15.2 Å². The lowest BCUT2D eigenvalue weighted by Crippen LogP contribution is -2.36. The lowest BCUT2D eigenvalue weighted by molar-refractivity contribution is 0.122. The van der Waals surface area contributed by atoms with Crippen molar-refractivity contribution in [1.82, 2.24) is 15.0 Å². The third-order valence-corrected chi connectivity index (χ3v) is 6.22. The normalized spacial score (nSPS) is 13.6. The van der Waals surface area contributed by atoms with Gasteiger partial charge in [-0.2, -0.15) is 0 Å². The molecule has 1 fully saturated rings. The molecule has 2 aromatic heterocycles. The molecule has 2 aromatic carbocycles. The molecule has 0 atom stereocenters. The second-order valence-corrected chi connectivity index (χ2v) is 8.80. The van der Waals surface area contributed by atoms with E-state index in [1.807, 2.05) is 30.3 Å². The second kappa shape index (κ2) is 12.2. The minimum absolute atomic E-state index is 0.180. The van der Waals surface area contributed by atoms with Crippen molar-refractivity contribution in [1.29, 1.82) is 0 Å². The van der Waals surface area contributed by atoms with Gasteiger partial charge in [0.1, 0.15) is 17.3 Å². The Hall–Kier alpha value is -5.03. The van der Waals surface area contributed by atoms with Crippen LogP contribution in [0.5, 0.6) is 5.75 Å². The molecule has 0 saturated carbocycles. The lowest BCUT2D eigenvalue weighted by Gasteiger charge is -2.29. The number of rotatable bonds is 9. The molecule has 0 spiro atoms. The molecule has 3 N–H and O–H groups in total. The third kappa shape index (κ3) is 6.16. The van der Waals surface area contributed by atoms with Crippen molar-refractivity contribution in [3.63, 3.8) is 0 Å². The smallest absolute Gasteiger partial charge is 0.227 e. The molecule has 1 aliphatic heterocycles. The highest BCUT2D eigenvalue weighted by Gasteiger charge is 2.15. The molecular formula is C29H29FN8O2. The number of anilines is 4. The molecule has 0 radical (unpaired) electrons. The molecule has 11 heteroatoms. The van der Waals surface area contributed by atoms with Crippen LogP contribution in [0.25, 0.3) is 11.3 Å². The van der Waals surface area contributed by atoms with Gasteiger partial charge in [0.05, 0.1) is 31.7 Å². The number of morpholine rings is 1. The van der Waals surface area contributed by atoms with Crippen molar-refractivity contribution >= 4 is 28.8 Å². The molecule has 0 amide bonds. The third-order valence-electron chi connectivity index (χ3n) is 6.22. The van der Waals surface area contributed by atoms with Crippen LogP contribution in [0.3, 0.4) is 0 Å². The minimum Gasteiger partial charge on any atom is -0.494 e. The average Bonchev–Trinajstić information content (AvgIpc) is 3.00. The Kier molecular flexibility index (Phi) is 8.12. The number of ether oxygens (including phenoxy) is 2. The molecule has 0 unspecified atom stereocenters. The van der Waals surface area contributed by atoms with Gasteiger partial charge in [0, 0.05) is 48.6 Å². The number of amidine groups is 1. The molecular weight excluding hydrogens is 511 g/mol. The van der Waals surface area contributed by atoms with E-state index in [9.17, 15) is 4.39 Å². The largest absolute Gasteiger partial charge is 0.494 e. The van der Waals surface area contributed by atoms with E-state index in [0.717, 1.165) is 17.1 Å². The fraction of sp³-hybridized carbons (Fsp3) is 0.172. The van der Waals surface area contributed by atoms with E-state index in [1.54, 1.807) is 48.9 Å².